The summed E-state index contributed by atoms with van der Waals surface area (Å²) in [5.74, 6) is 2.98. The van der Waals surface area contributed by atoms with Gasteiger partial charge < -0.3 is 5.48 Å². The van der Waals surface area contributed by atoms with E-state index in [4.69, 9.17) is 0 Å². The molecule has 2 N–H and O–H groups in total. The first-order valence-electron chi connectivity index (χ1n) is 10.4. The molecule has 3 rings (SSSR count). The topological polar surface area (TPSA) is 31.5 Å². The highest BCUT2D eigenvalue weighted by molar-refractivity contribution is 5.19. The molecule has 1 aromatic carbocycles. The van der Waals surface area contributed by atoms with Crippen molar-refractivity contribution < 1.29 is 11.3 Å². The van der Waals surface area contributed by atoms with E-state index in [0.717, 1.165) is 24.7 Å². The molecule has 3 unspecified atom stereocenters. The summed E-state index contributed by atoms with van der Waals surface area (Å²) >= 11 is 0. The number of hydrogen-bond donors (Lipinski definition) is 0. The van der Waals surface area contributed by atoms with Gasteiger partial charge in [0.1, 0.15) is 6.17 Å². The Bertz CT molecular complexity index is 423. The van der Waals surface area contributed by atoms with Crippen molar-refractivity contribution in [1.82, 2.24) is 0 Å². The molecule has 0 heterocycles. The fraction of sp³-hybridized carbons (Fsp3) is 0.750. The molecule has 2 aliphatic rings. The van der Waals surface area contributed by atoms with Gasteiger partial charge in [0, 0.05) is 1.43 Å². The summed E-state index contributed by atoms with van der Waals surface area (Å²) in [4.78, 5) is 0. The molecule has 154 valence electrons. The van der Waals surface area contributed by atoms with E-state index < -0.39 is 6.17 Å². The van der Waals surface area contributed by atoms with E-state index in [0.29, 0.717) is 11.8 Å². The number of hydrogen-bond acceptors (Lipinski definition) is 0. The smallest absolute Gasteiger partial charge is 0.103 e. The number of aryl methyl sites for hydroxylation is 2. The molecule has 0 radical (unpaired) electrons. The first-order valence-corrected chi connectivity index (χ1v) is 10.4. The molecule has 1 nitrogen and oxygen atoms in total. The van der Waals surface area contributed by atoms with Gasteiger partial charge in [-0.25, -0.2) is 4.39 Å². The zero-order valence-corrected chi connectivity index (χ0v) is 18.0. The standard InChI is InChI=1S/C8H15F.C8H16.C8H10.H2O.H2/c1-6-3-4-7(2)8(9)5-6;2*1-7-3-5-8(2)6-4-7;;/h6-8H,3-5H2,1-2H3;7-8H,3-6H2,1-2H3;3-6H,1-2H3;1H2;1H. The Labute approximate surface area is 163 Å². The molecule has 0 aromatic heterocycles. The molecular weight excluding hydrogens is 323 g/mol. The zero-order valence-electron chi connectivity index (χ0n) is 18.0. The van der Waals surface area contributed by atoms with Crippen LogP contribution in [0.5, 0.6) is 0 Å². The quantitative estimate of drug-likeness (QED) is 0.459. The van der Waals surface area contributed by atoms with Crippen molar-refractivity contribution in [3.05, 3.63) is 35.4 Å². The van der Waals surface area contributed by atoms with Crippen LogP contribution in [0.1, 0.15) is 85.2 Å². The summed E-state index contributed by atoms with van der Waals surface area (Å²) in [5.41, 5.74) is 2.66. The van der Waals surface area contributed by atoms with Gasteiger partial charge in [-0.3, -0.25) is 0 Å². The van der Waals surface area contributed by atoms with Crippen molar-refractivity contribution in [2.45, 2.75) is 92.7 Å². The second-order valence-electron chi connectivity index (χ2n) is 8.93. The van der Waals surface area contributed by atoms with Gasteiger partial charge in [-0.1, -0.05) is 95.2 Å². The normalized spacial score (nSPS) is 30.7. The predicted molar refractivity (Wildman–Crippen MR) is 116 cm³/mol. The lowest BCUT2D eigenvalue weighted by Gasteiger charge is -2.26. The van der Waals surface area contributed by atoms with Gasteiger partial charge in [-0.15, -0.1) is 0 Å². The highest BCUT2D eigenvalue weighted by Gasteiger charge is 2.24. The summed E-state index contributed by atoms with van der Waals surface area (Å²) in [6, 6.07) is 8.48. The Morgan fingerprint density at radius 3 is 1.35 bits per heavy atom. The molecule has 3 atom stereocenters. The van der Waals surface area contributed by atoms with Crippen LogP contribution in [0.4, 0.5) is 4.39 Å². The van der Waals surface area contributed by atoms with Crippen LogP contribution in [0.2, 0.25) is 0 Å². The lowest BCUT2D eigenvalue weighted by Crippen LogP contribution is -2.22. The van der Waals surface area contributed by atoms with E-state index in [1.165, 1.54) is 43.2 Å². The van der Waals surface area contributed by atoms with Crippen molar-refractivity contribution in [1.29, 1.82) is 0 Å². The van der Waals surface area contributed by atoms with E-state index in [9.17, 15) is 4.39 Å². The molecule has 0 bridgehead atoms. The first kappa shape index (κ1) is 25.1. The SMILES string of the molecule is CC1CCC(C)C(F)C1.CC1CCC(C)CC1.Cc1ccc(C)cc1.O.[HH]. The largest absolute Gasteiger partial charge is 0.412 e. The van der Waals surface area contributed by atoms with E-state index in [1.807, 2.05) is 6.92 Å². The van der Waals surface area contributed by atoms with E-state index in [2.05, 4.69) is 58.9 Å². The molecule has 2 fully saturated rings. The molecule has 0 saturated heterocycles. The van der Waals surface area contributed by atoms with Crippen molar-refractivity contribution in [3.63, 3.8) is 0 Å². The number of alkyl halides is 1. The predicted octanol–water partition coefficient (Wildman–Crippen LogP) is 7.34. The Balaban J connectivity index is 0. The first-order chi connectivity index (χ1) is 11.8. The number of benzene rings is 1. The maximum atomic E-state index is 12.8. The molecule has 2 heteroatoms. The maximum absolute atomic E-state index is 12.8. The third-order valence-electron chi connectivity index (χ3n) is 5.88. The summed E-state index contributed by atoms with van der Waals surface area (Å²) in [6.45, 7) is 13.1. The molecule has 0 aliphatic heterocycles. The minimum atomic E-state index is -0.520. The second-order valence-corrected chi connectivity index (χ2v) is 8.93. The van der Waals surface area contributed by atoms with Gasteiger partial charge in [0.15, 0.2) is 0 Å². The van der Waals surface area contributed by atoms with Crippen LogP contribution < -0.4 is 0 Å². The zero-order chi connectivity index (χ0) is 18.8. The van der Waals surface area contributed by atoms with Crippen LogP contribution in [-0.4, -0.2) is 11.6 Å². The van der Waals surface area contributed by atoms with E-state index >= 15 is 0 Å². The monoisotopic (exact) mass is 368 g/mol. The lowest BCUT2D eigenvalue weighted by atomic mass is 9.83. The van der Waals surface area contributed by atoms with Crippen LogP contribution in [-0.2, 0) is 0 Å². The Hall–Kier alpha value is -0.890. The molecule has 26 heavy (non-hydrogen) atoms. The number of halogens is 1. The summed E-state index contributed by atoms with van der Waals surface area (Å²) in [7, 11) is 0. The molecule has 1 aromatic rings. The average molecular weight is 369 g/mol. The fourth-order valence-corrected chi connectivity index (χ4v) is 3.53. The van der Waals surface area contributed by atoms with Gasteiger partial charge in [0.2, 0.25) is 0 Å². The van der Waals surface area contributed by atoms with Gasteiger partial charge >= 0.3 is 0 Å². The Morgan fingerprint density at radius 1 is 0.692 bits per heavy atom. The van der Waals surface area contributed by atoms with Gasteiger partial charge in [0.25, 0.3) is 0 Å². The van der Waals surface area contributed by atoms with Gasteiger partial charge in [-0.05, 0) is 50.4 Å². The molecule has 2 saturated carbocycles. The molecular formula is C24H45FO. The van der Waals surface area contributed by atoms with Crippen molar-refractivity contribution >= 4 is 0 Å². The van der Waals surface area contributed by atoms with Crippen LogP contribution in [0.3, 0.4) is 0 Å². The van der Waals surface area contributed by atoms with Crippen molar-refractivity contribution in [3.8, 4) is 0 Å². The molecule has 0 amide bonds. The van der Waals surface area contributed by atoms with Crippen LogP contribution in [0.15, 0.2) is 24.3 Å². The van der Waals surface area contributed by atoms with E-state index in [1.54, 1.807) is 0 Å². The minimum Gasteiger partial charge on any atom is -0.412 e. The molecule has 2 aliphatic carbocycles. The summed E-state index contributed by atoms with van der Waals surface area (Å²) in [6.07, 6.45) is 8.48. The van der Waals surface area contributed by atoms with Crippen molar-refractivity contribution in [2.24, 2.45) is 23.7 Å². The Morgan fingerprint density at radius 2 is 1.04 bits per heavy atom. The Kier molecular flexibility index (Phi) is 12.8. The maximum Gasteiger partial charge on any atom is 0.103 e. The van der Waals surface area contributed by atoms with Gasteiger partial charge in [0.05, 0.1) is 0 Å². The van der Waals surface area contributed by atoms with Crippen LogP contribution in [0.25, 0.3) is 0 Å². The van der Waals surface area contributed by atoms with Gasteiger partial charge in [-0.2, -0.15) is 0 Å². The fourth-order valence-electron chi connectivity index (χ4n) is 3.53. The highest BCUT2D eigenvalue weighted by Crippen LogP contribution is 2.30. The third kappa shape index (κ3) is 11.0. The average Bonchev–Trinajstić information content (AvgIpc) is 2.58. The second kappa shape index (κ2) is 13.3. The summed E-state index contributed by atoms with van der Waals surface area (Å²) < 4.78 is 12.8. The van der Waals surface area contributed by atoms with Crippen LogP contribution in [0, 0.1) is 37.5 Å². The number of rotatable bonds is 0. The van der Waals surface area contributed by atoms with Crippen molar-refractivity contribution in [2.75, 3.05) is 0 Å². The summed E-state index contributed by atoms with van der Waals surface area (Å²) in [5, 5.41) is 0. The van der Waals surface area contributed by atoms with E-state index in [-0.39, 0.29) is 6.90 Å². The third-order valence-corrected chi connectivity index (χ3v) is 5.88. The highest BCUT2D eigenvalue weighted by atomic mass is 19.1. The minimum absolute atomic E-state index is 0. The molecule has 0 spiro atoms. The van der Waals surface area contributed by atoms with Crippen LogP contribution >= 0.6 is 0 Å². The lowest BCUT2D eigenvalue weighted by molar-refractivity contribution is 0.145.